The van der Waals surface area contributed by atoms with Crippen molar-refractivity contribution in [2.45, 2.75) is 65.7 Å². The van der Waals surface area contributed by atoms with Crippen LogP contribution in [-0.2, 0) is 18.0 Å². The van der Waals surface area contributed by atoms with Crippen molar-refractivity contribution >= 4 is 44.0 Å². The highest BCUT2D eigenvalue weighted by molar-refractivity contribution is 7.23. The summed E-state index contributed by atoms with van der Waals surface area (Å²) < 4.78 is 37.3. The Morgan fingerprint density at radius 3 is 2.71 bits per heavy atom. The van der Waals surface area contributed by atoms with Crippen molar-refractivity contribution in [1.82, 2.24) is 9.88 Å². The third kappa shape index (κ3) is 3.65. The topological polar surface area (TPSA) is 87.5 Å². The van der Waals surface area contributed by atoms with Gasteiger partial charge in [-0.25, -0.2) is 13.8 Å². The molecule has 1 aromatic carbocycles. The predicted octanol–water partition coefficient (Wildman–Crippen LogP) is 4.95. The zero-order chi connectivity index (χ0) is 26.9. The van der Waals surface area contributed by atoms with Gasteiger partial charge in [-0.1, -0.05) is 12.5 Å². The number of nitrogen functional groups attached to an aromatic ring is 1. The summed E-state index contributed by atoms with van der Waals surface area (Å²) in [7, 11) is 0. The van der Waals surface area contributed by atoms with Crippen LogP contribution in [0.25, 0.3) is 33.1 Å². The Balaban J connectivity index is 1.61. The minimum Gasteiger partial charge on any atom is -0.389 e. The molecule has 0 amide bonds. The molecule has 1 saturated heterocycles. The maximum atomic E-state index is 16.6. The number of pyridine rings is 1. The van der Waals surface area contributed by atoms with Gasteiger partial charge in [-0.15, -0.1) is 11.3 Å². The molecule has 1 unspecified atom stereocenters. The number of likely N-dealkylation sites (tertiary alicyclic amines) is 1. The number of fused-ring (bicyclic) bond motifs is 2. The summed E-state index contributed by atoms with van der Waals surface area (Å²) in [4.78, 5) is 11.6. The Hall–Kier alpha value is -3.35. The summed E-state index contributed by atoms with van der Waals surface area (Å²) >= 11 is 0.973. The van der Waals surface area contributed by atoms with Gasteiger partial charge < -0.3 is 15.4 Å². The molecule has 3 aromatic rings. The molecule has 9 heteroatoms. The molecule has 1 aliphatic carbocycles. The summed E-state index contributed by atoms with van der Waals surface area (Å²) in [6.45, 7) is 9.50. The highest BCUT2D eigenvalue weighted by atomic mass is 32.1. The maximum Gasteiger partial charge on any atom is 0.159 e. The quantitative estimate of drug-likeness (QED) is 0.372. The molecule has 2 N–H and O–H groups in total. The van der Waals surface area contributed by atoms with E-state index in [0.717, 1.165) is 41.1 Å². The third-order valence-electron chi connectivity index (χ3n) is 8.13. The number of hydrogen-bond donors (Lipinski definition) is 1. The Kier molecular flexibility index (Phi) is 5.82. The molecular formula is C29H29F2N5OS. The van der Waals surface area contributed by atoms with E-state index in [2.05, 4.69) is 22.9 Å². The monoisotopic (exact) mass is 533 g/mol. The lowest BCUT2D eigenvalue weighted by atomic mass is 9.93. The second kappa shape index (κ2) is 8.85. The van der Waals surface area contributed by atoms with Crippen molar-refractivity contribution in [2.24, 2.45) is 10.9 Å². The van der Waals surface area contributed by atoms with E-state index >= 15 is 4.39 Å². The SMILES string of the molecule is CC(=N/C=c1/c2c(c(-c3ncc(F)c4sc(N)c(C#N)c34)c(F)c1=C(C)C)COC2)N1CC(C)CC12CC2. The van der Waals surface area contributed by atoms with E-state index in [-0.39, 0.29) is 44.1 Å². The van der Waals surface area contributed by atoms with Crippen LogP contribution in [-0.4, -0.2) is 27.8 Å². The zero-order valence-electron chi connectivity index (χ0n) is 21.9. The number of thiophene rings is 1. The van der Waals surface area contributed by atoms with E-state index in [0.29, 0.717) is 28.5 Å². The lowest BCUT2D eigenvalue weighted by Crippen LogP contribution is -2.37. The van der Waals surface area contributed by atoms with E-state index in [1.54, 1.807) is 6.20 Å². The first-order chi connectivity index (χ1) is 18.2. The number of ether oxygens (including phenoxy) is 1. The highest BCUT2D eigenvalue weighted by Gasteiger charge is 2.53. The van der Waals surface area contributed by atoms with Crippen LogP contribution in [0.5, 0.6) is 0 Å². The fourth-order valence-corrected chi connectivity index (χ4v) is 7.26. The van der Waals surface area contributed by atoms with E-state index < -0.39 is 11.6 Å². The number of halogens is 2. The number of nitrogens with zero attached hydrogens (tertiary/aromatic N) is 4. The Morgan fingerprint density at radius 2 is 2.03 bits per heavy atom. The number of nitriles is 1. The van der Waals surface area contributed by atoms with Gasteiger partial charge in [0, 0.05) is 39.7 Å². The largest absolute Gasteiger partial charge is 0.389 e. The number of nitrogens with two attached hydrogens (primary N) is 1. The fourth-order valence-electron chi connectivity index (χ4n) is 6.34. The van der Waals surface area contributed by atoms with Gasteiger partial charge in [0.15, 0.2) is 5.82 Å². The second-order valence-corrected chi connectivity index (χ2v) is 12.0. The number of hydrogen-bond acceptors (Lipinski definition) is 6. The van der Waals surface area contributed by atoms with Crippen molar-refractivity contribution < 1.29 is 13.5 Å². The molecule has 2 aliphatic heterocycles. The molecule has 6 nitrogen and oxygen atoms in total. The first-order valence-corrected chi connectivity index (χ1v) is 13.7. The highest BCUT2D eigenvalue weighted by Crippen LogP contribution is 2.51. The molecule has 3 aliphatic rings. The van der Waals surface area contributed by atoms with Crippen molar-refractivity contribution in [3.8, 4) is 17.3 Å². The standard InChI is InChI=1S/C29H29F2N5OS/c1-14(2)22-18(9-34-16(4)36-11-15(3)7-29(36)5-6-29)19-12-37-13-20(19)23(25(22)31)26-24-17(8-32)28(33)38-27(24)21(30)10-35-26/h9-10,15H,5-7,11-13,33H2,1-4H3/b18-9-,34-16?. The van der Waals surface area contributed by atoms with Crippen LogP contribution in [0.4, 0.5) is 13.8 Å². The van der Waals surface area contributed by atoms with Gasteiger partial charge in [0.25, 0.3) is 0 Å². The average molecular weight is 534 g/mol. The molecule has 1 spiro atoms. The minimum atomic E-state index is -0.590. The van der Waals surface area contributed by atoms with Gasteiger partial charge in [-0.05, 0) is 57.1 Å². The number of amidine groups is 1. The average Bonchev–Trinajstić information content (AvgIpc) is 3.18. The van der Waals surface area contributed by atoms with Crippen molar-refractivity contribution in [3.63, 3.8) is 0 Å². The minimum absolute atomic E-state index is 0.113. The lowest BCUT2D eigenvalue weighted by Gasteiger charge is -2.25. The Bertz CT molecular complexity index is 1710. The van der Waals surface area contributed by atoms with Crippen LogP contribution < -0.4 is 16.2 Å². The zero-order valence-corrected chi connectivity index (χ0v) is 22.7. The molecular weight excluding hydrogens is 504 g/mol. The van der Waals surface area contributed by atoms with Crippen LogP contribution in [0.3, 0.4) is 0 Å². The summed E-state index contributed by atoms with van der Waals surface area (Å²) in [5.74, 6) is 0.505. The summed E-state index contributed by atoms with van der Waals surface area (Å²) in [5, 5.41) is 11.3. The lowest BCUT2D eigenvalue weighted by molar-refractivity contribution is 0.134. The normalized spacial score (nSPS) is 20.4. The Morgan fingerprint density at radius 1 is 1.29 bits per heavy atom. The van der Waals surface area contributed by atoms with Crippen LogP contribution in [0.15, 0.2) is 11.2 Å². The van der Waals surface area contributed by atoms with Gasteiger partial charge in [0.2, 0.25) is 0 Å². The molecule has 196 valence electrons. The first-order valence-electron chi connectivity index (χ1n) is 12.8. The molecule has 4 heterocycles. The van der Waals surface area contributed by atoms with E-state index in [1.165, 1.54) is 19.3 Å². The second-order valence-electron chi connectivity index (χ2n) is 11.0. The predicted molar refractivity (Wildman–Crippen MR) is 147 cm³/mol. The molecule has 38 heavy (non-hydrogen) atoms. The Labute approximate surface area is 223 Å². The molecule has 2 fully saturated rings. The van der Waals surface area contributed by atoms with E-state index in [4.69, 9.17) is 15.5 Å². The number of aliphatic imine (C=N–C) groups is 1. The molecule has 2 aromatic heterocycles. The van der Waals surface area contributed by atoms with Gasteiger partial charge in [-0.2, -0.15) is 5.26 Å². The first kappa shape index (κ1) is 25.0. The van der Waals surface area contributed by atoms with Gasteiger partial charge >= 0.3 is 0 Å². The van der Waals surface area contributed by atoms with Crippen molar-refractivity contribution in [3.05, 3.63) is 45.0 Å². The summed E-state index contributed by atoms with van der Waals surface area (Å²) in [5.41, 5.74) is 9.10. The summed E-state index contributed by atoms with van der Waals surface area (Å²) in [6.07, 6.45) is 6.42. The molecule has 6 rings (SSSR count). The third-order valence-corrected chi connectivity index (χ3v) is 9.16. The summed E-state index contributed by atoms with van der Waals surface area (Å²) in [6, 6.07) is 2.06. The molecule has 1 atom stereocenters. The number of aromatic nitrogens is 1. The molecule has 0 bridgehead atoms. The van der Waals surface area contributed by atoms with Crippen LogP contribution in [0.2, 0.25) is 0 Å². The van der Waals surface area contributed by atoms with Crippen molar-refractivity contribution in [2.75, 3.05) is 12.3 Å². The van der Waals surface area contributed by atoms with E-state index in [9.17, 15) is 9.65 Å². The number of rotatable bonds is 2. The number of anilines is 1. The van der Waals surface area contributed by atoms with Crippen molar-refractivity contribution in [1.29, 1.82) is 5.26 Å². The number of benzene rings is 1. The van der Waals surface area contributed by atoms with Gasteiger partial charge in [0.05, 0.1) is 35.4 Å². The maximum absolute atomic E-state index is 16.6. The smallest absolute Gasteiger partial charge is 0.159 e. The molecule has 0 radical (unpaired) electrons. The molecule has 1 saturated carbocycles. The fraction of sp³-hybridized carbons (Fsp3) is 0.414. The van der Waals surface area contributed by atoms with Crippen LogP contribution >= 0.6 is 11.3 Å². The van der Waals surface area contributed by atoms with Crippen LogP contribution in [0.1, 0.15) is 63.6 Å². The van der Waals surface area contributed by atoms with Gasteiger partial charge in [-0.3, -0.25) is 4.98 Å². The van der Waals surface area contributed by atoms with E-state index in [1.807, 2.05) is 20.8 Å². The van der Waals surface area contributed by atoms with Crippen LogP contribution in [0, 0.1) is 28.9 Å². The van der Waals surface area contributed by atoms with Gasteiger partial charge in [0.1, 0.15) is 22.7 Å².